The van der Waals surface area contributed by atoms with Gasteiger partial charge in [-0.25, -0.2) is 9.89 Å². The lowest BCUT2D eigenvalue weighted by Gasteiger charge is -2.11. The predicted octanol–water partition coefficient (Wildman–Crippen LogP) is 4.47. The molecular formula is C14H9Cl3N6O. The molecule has 24 heavy (non-hydrogen) atoms. The van der Waals surface area contributed by atoms with Crippen molar-refractivity contribution < 1.29 is 4.79 Å². The fourth-order valence-electron chi connectivity index (χ4n) is 2.01. The van der Waals surface area contributed by atoms with Crippen molar-refractivity contribution in [2.45, 2.75) is 0 Å². The molecule has 1 aromatic heterocycles. The molecule has 2 amide bonds. The van der Waals surface area contributed by atoms with Crippen molar-refractivity contribution >= 4 is 52.2 Å². The molecule has 3 N–H and O–H groups in total. The van der Waals surface area contributed by atoms with Gasteiger partial charge in [-0.3, -0.25) is 0 Å². The van der Waals surface area contributed by atoms with Gasteiger partial charge in [-0.2, -0.15) is 0 Å². The van der Waals surface area contributed by atoms with E-state index in [4.69, 9.17) is 34.8 Å². The number of amides is 2. The highest BCUT2D eigenvalue weighted by Gasteiger charge is 2.12. The van der Waals surface area contributed by atoms with E-state index in [0.717, 1.165) is 0 Å². The molecule has 2 aromatic carbocycles. The molecule has 0 radical (unpaired) electrons. The monoisotopic (exact) mass is 382 g/mol. The molecule has 7 nitrogen and oxygen atoms in total. The number of hydrogen-bond acceptors (Lipinski definition) is 4. The first-order valence-corrected chi connectivity index (χ1v) is 7.72. The van der Waals surface area contributed by atoms with Gasteiger partial charge in [0.25, 0.3) is 0 Å². The summed E-state index contributed by atoms with van der Waals surface area (Å²) in [6.45, 7) is 0. The molecule has 10 heteroatoms. The number of hydrogen-bond donors (Lipinski definition) is 3. The van der Waals surface area contributed by atoms with Crippen LogP contribution in [0.2, 0.25) is 15.1 Å². The van der Waals surface area contributed by atoms with Crippen LogP contribution in [0.4, 0.5) is 16.2 Å². The van der Waals surface area contributed by atoms with Crippen molar-refractivity contribution in [3.63, 3.8) is 0 Å². The fourth-order valence-corrected chi connectivity index (χ4v) is 2.71. The number of benzene rings is 2. The van der Waals surface area contributed by atoms with Crippen LogP contribution >= 0.6 is 34.8 Å². The van der Waals surface area contributed by atoms with Crippen LogP contribution in [0.5, 0.6) is 0 Å². The van der Waals surface area contributed by atoms with Crippen molar-refractivity contribution in [2.24, 2.45) is 0 Å². The van der Waals surface area contributed by atoms with Gasteiger partial charge in [-0.15, -0.1) is 5.10 Å². The Morgan fingerprint density at radius 3 is 2.38 bits per heavy atom. The summed E-state index contributed by atoms with van der Waals surface area (Å²) in [5, 5.41) is 20.1. The van der Waals surface area contributed by atoms with Crippen molar-refractivity contribution in [1.82, 2.24) is 20.6 Å². The Labute approximate surface area is 151 Å². The Bertz CT molecular complexity index is 864. The number of anilines is 2. The Morgan fingerprint density at radius 1 is 0.958 bits per heavy atom. The van der Waals surface area contributed by atoms with Gasteiger partial charge in [0.2, 0.25) is 0 Å². The molecule has 0 bridgehead atoms. The third kappa shape index (κ3) is 3.94. The first-order valence-electron chi connectivity index (χ1n) is 6.59. The SMILES string of the molecule is O=C(Nc1cc(Cl)cc(Cl)c1)Nc1cc(Cl)ccc1-c1nnn[nH]1. The molecule has 0 saturated heterocycles. The van der Waals surface area contributed by atoms with E-state index in [-0.39, 0.29) is 0 Å². The van der Waals surface area contributed by atoms with E-state index in [9.17, 15) is 4.79 Å². The summed E-state index contributed by atoms with van der Waals surface area (Å²) in [6.07, 6.45) is 0. The number of aromatic nitrogens is 4. The number of carbonyl (C=O) groups excluding carboxylic acids is 1. The van der Waals surface area contributed by atoms with Crippen LogP contribution in [0, 0.1) is 0 Å². The number of halogens is 3. The zero-order valence-electron chi connectivity index (χ0n) is 11.8. The fraction of sp³-hybridized carbons (Fsp3) is 0. The molecule has 0 spiro atoms. The third-order valence-electron chi connectivity index (χ3n) is 2.95. The number of tetrazole rings is 1. The zero-order valence-corrected chi connectivity index (χ0v) is 14.1. The van der Waals surface area contributed by atoms with Crippen LogP contribution < -0.4 is 10.6 Å². The van der Waals surface area contributed by atoms with Crippen LogP contribution in [0.15, 0.2) is 36.4 Å². The van der Waals surface area contributed by atoms with Crippen molar-refractivity contribution in [3.8, 4) is 11.4 Å². The molecule has 0 saturated carbocycles. The van der Waals surface area contributed by atoms with E-state index >= 15 is 0 Å². The number of aromatic amines is 1. The second-order valence-corrected chi connectivity index (χ2v) is 5.99. The van der Waals surface area contributed by atoms with Crippen LogP contribution in [-0.2, 0) is 0 Å². The summed E-state index contributed by atoms with van der Waals surface area (Å²) in [5.74, 6) is 0.396. The summed E-state index contributed by atoms with van der Waals surface area (Å²) in [5.41, 5.74) is 1.48. The lowest BCUT2D eigenvalue weighted by Crippen LogP contribution is -2.20. The van der Waals surface area contributed by atoms with Crippen molar-refractivity contribution in [2.75, 3.05) is 10.6 Å². The van der Waals surface area contributed by atoms with Crippen LogP contribution in [0.25, 0.3) is 11.4 Å². The van der Waals surface area contributed by atoms with Crippen LogP contribution in [0.3, 0.4) is 0 Å². The van der Waals surface area contributed by atoms with E-state index in [1.54, 1.807) is 36.4 Å². The molecule has 0 fully saturated rings. The second-order valence-electron chi connectivity index (χ2n) is 4.68. The van der Waals surface area contributed by atoms with Gasteiger partial charge in [0.1, 0.15) is 0 Å². The minimum Gasteiger partial charge on any atom is -0.308 e. The largest absolute Gasteiger partial charge is 0.323 e. The zero-order chi connectivity index (χ0) is 17.1. The molecule has 0 aliphatic rings. The molecule has 0 aliphatic heterocycles. The maximum atomic E-state index is 12.2. The molecule has 1 heterocycles. The molecule has 0 aliphatic carbocycles. The summed E-state index contributed by atoms with van der Waals surface area (Å²) in [4.78, 5) is 12.2. The lowest BCUT2D eigenvalue weighted by molar-refractivity contribution is 0.262. The standard InChI is InChI=1S/C14H9Cl3N6O/c15-7-1-2-11(13-20-22-23-21-13)12(6-7)19-14(24)18-10-4-8(16)3-9(17)5-10/h1-6H,(H2,18,19,24)(H,20,21,22,23). The highest BCUT2D eigenvalue weighted by Crippen LogP contribution is 2.28. The van der Waals surface area contributed by atoms with Crippen molar-refractivity contribution in [1.29, 1.82) is 0 Å². The maximum absolute atomic E-state index is 12.2. The summed E-state index contributed by atoms with van der Waals surface area (Å²) >= 11 is 17.8. The van der Waals surface area contributed by atoms with Crippen molar-refractivity contribution in [3.05, 3.63) is 51.5 Å². The number of carbonyl (C=O) groups is 1. The molecule has 3 aromatic rings. The molecule has 122 valence electrons. The summed E-state index contributed by atoms with van der Waals surface area (Å²) in [6, 6.07) is 9.17. The van der Waals surface area contributed by atoms with Gasteiger partial charge in [-0.05, 0) is 46.8 Å². The van der Waals surface area contributed by atoms with Crippen LogP contribution in [0.1, 0.15) is 0 Å². The molecule has 0 unspecified atom stereocenters. The van der Waals surface area contributed by atoms with Gasteiger partial charge < -0.3 is 10.6 Å². The first-order chi connectivity index (χ1) is 11.5. The van der Waals surface area contributed by atoms with E-state index < -0.39 is 6.03 Å². The normalized spacial score (nSPS) is 10.5. The Kier molecular flexibility index (Phi) is 4.84. The van der Waals surface area contributed by atoms with Gasteiger partial charge in [0, 0.05) is 26.3 Å². The highest BCUT2D eigenvalue weighted by molar-refractivity contribution is 6.35. The third-order valence-corrected chi connectivity index (χ3v) is 3.62. The van der Waals surface area contributed by atoms with Gasteiger partial charge in [0.05, 0.1) is 5.69 Å². The van der Waals surface area contributed by atoms with E-state index in [1.807, 2.05) is 0 Å². The van der Waals surface area contributed by atoms with Gasteiger partial charge in [-0.1, -0.05) is 34.8 Å². The number of H-pyrrole nitrogens is 1. The predicted molar refractivity (Wildman–Crippen MR) is 93.7 cm³/mol. The second kappa shape index (κ2) is 7.04. The number of nitrogens with one attached hydrogen (secondary N) is 3. The topological polar surface area (TPSA) is 95.6 Å². The highest BCUT2D eigenvalue weighted by atomic mass is 35.5. The van der Waals surface area contributed by atoms with Crippen LogP contribution in [-0.4, -0.2) is 26.7 Å². The quantitative estimate of drug-likeness (QED) is 0.621. The Morgan fingerprint density at radius 2 is 1.71 bits per heavy atom. The number of rotatable bonds is 3. The maximum Gasteiger partial charge on any atom is 0.323 e. The van der Waals surface area contributed by atoms with E-state index in [1.165, 1.54) is 0 Å². The van der Waals surface area contributed by atoms with E-state index in [0.29, 0.717) is 37.8 Å². The smallest absolute Gasteiger partial charge is 0.308 e. The number of nitrogens with zero attached hydrogens (tertiary/aromatic N) is 3. The first kappa shape index (κ1) is 16.5. The summed E-state index contributed by atoms with van der Waals surface area (Å²) in [7, 11) is 0. The number of urea groups is 1. The Balaban J connectivity index is 1.83. The van der Waals surface area contributed by atoms with Gasteiger partial charge >= 0.3 is 6.03 Å². The Hall–Kier alpha value is -2.35. The minimum absolute atomic E-state index is 0.396. The van der Waals surface area contributed by atoms with Gasteiger partial charge in [0.15, 0.2) is 5.82 Å². The summed E-state index contributed by atoms with van der Waals surface area (Å²) < 4.78 is 0. The average Bonchev–Trinajstić information content (AvgIpc) is 3.00. The lowest BCUT2D eigenvalue weighted by atomic mass is 10.1. The average molecular weight is 384 g/mol. The molecular weight excluding hydrogens is 375 g/mol. The molecule has 0 atom stereocenters. The van der Waals surface area contributed by atoms with E-state index in [2.05, 4.69) is 31.3 Å². The minimum atomic E-state index is -0.496. The molecule has 3 rings (SSSR count).